The van der Waals surface area contributed by atoms with E-state index >= 15 is 4.39 Å². The van der Waals surface area contributed by atoms with Crippen LogP contribution in [0, 0.1) is 5.41 Å². The van der Waals surface area contributed by atoms with E-state index in [1.165, 1.54) is 11.8 Å². The van der Waals surface area contributed by atoms with Gasteiger partial charge >= 0.3 is 5.97 Å². The molecule has 186 valence electrons. The molecule has 0 amide bonds. The topological polar surface area (TPSA) is 75.6 Å². The number of piperidine rings is 1. The summed E-state index contributed by atoms with van der Waals surface area (Å²) in [6.07, 6.45) is 7.03. The number of fused-ring (bicyclic) bond motifs is 1. The summed E-state index contributed by atoms with van der Waals surface area (Å²) in [5.41, 5.74) is 1.26. The van der Waals surface area contributed by atoms with Gasteiger partial charge < -0.3 is 14.7 Å². The van der Waals surface area contributed by atoms with Crippen LogP contribution in [0.25, 0.3) is 10.9 Å². The van der Waals surface area contributed by atoms with E-state index in [1.54, 1.807) is 31.5 Å². The van der Waals surface area contributed by atoms with Gasteiger partial charge in [0, 0.05) is 29.5 Å². The van der Waals surface area contributed by atoms with Crippen LogP contribution in [-0.4, -0.2) is 52.7 Å². The third kappa shape index (κ3) is 5.90. The summed E-state index contributed by atoms with van der Waals surface area (Å²) in [7, 11) is 1.55. The van der Waals surface area contributed by atoms with Crippen molar-refractivity contribution in [3.8, 4) is 5.75 Å². The quantitative estimate of drug-likeness (QED) is 0.375. The summed E-state index contributed by atoms with van der Waals surface area (Å²) in [5, 5.41) is 10.9. The Morgan fingerprint density at radius 2 is 2.09 bits per heavy atom. The maximum absolute atomic E-state index is 15.6. The molecule has 1 aromatic carbocycles. The molecule has 1 atom stereocenters. The van der Waals surface area contributed by atoms with E-state index in [9.17, 15) is 9.90 Å². The van der Waals surface area contributed by atoms with Crippen LogP contribution in [0.1, 0.15) is 49.4 Å². The zero-order valence-corrected chi connectivity index (χ0v) is 20.7. The number of nitrogens with zero attached hydrogens (tertiary/aromatic N) is 3. The van der Waals surface area contributed by atoms with Crippen LogP contribution in [0.4, 0.5) is 4.39 Å². The molecule has 1 fully saturated rings. The lowest BCUT2D eigenvalue weighted by Gasteiger charge is -2.39. The van der Waals surface area contributed by atoms with E-state index in [4.69, 9.17) is 16.3 Å². The monoisotopic (exact) mass is 499 g/mol. The van der Waals surface area contributed by atoms with Crippen molar-refractivity contribution in [1.82, 2.24) is 14.9 Å². The average molecular weight is 500 g/mol. The van der Waals surface area contributed by atoms with Crippen LogP contribution in [0.5, 0.6) is 5.75 Å². The standard InChI is InChI=1S/C27H31ClFN3O3/c1-35-20-6-7-24-21(16-20)25(22(28)18-31-24)23(29)8-9-27(26(33)34)10-14-32(15-11-27)13-3-5-19-4-2-12-30-17-19/h2,4,6-7,12,16-18,23H,3,5,8-11,13-15H2,1H3,(H,33,34)/t23-/m0/s1. The van der Waals surface area contributed by atoms with Crippen molar-refractivity contribution in [2.24, 2.45) is 5.41 Å². The molecule has 1 saturated heterocycles. The summed E-state index contributed by atoms with van der Waals surface area (Å²) in [6, 6.07) is 9.27. The SMILES string of the molecule is COc1ccc2ncc(Cl)c([C@@H](F)CCC3(C(=O)O)CCN(CCCc4cccnc4)CC3)c2c1. The number of alkyl halides is 1. The minimum absolute atomic E-state index is 0.0867. The van der Waals surface area contributed by atoms with E-state index in [-0.39, 0.29) is 17.9 Å². The lowest BCUT2D eigenvalue weighted by atomic mass is 9.74. The van der Waals surface area contributed by atoms with Gasteiger partial charge in [0.1, 0.15) is 11.9 Å². The number of carbonyl (C=O) groups is 1. The third-order valence-corrected chi connectivity index (χ3v) is 7.49. The number of benzene rings is 1. The zero-order valence-electron chi connectivity index (χ0n) is 19.9. The minimum Gasteiger partial charge on any atom is -0.497 e. The van der Waals surface area contributed by atoms with Crippen molar-refractivity contribution in [3.05, 3.63) is 65.1 Å². The summed E-state index contributed by atoms with van der Waals surface area (Å²) >= 11 is 6.35. The van der Waals surface area contributed by atoms with Crippen LogP contribution < -0.4 is 4.74 Å². The molecule has 4 rings (SSSR count). The molecule has 1 aliphatic heterocycles. The third-order valence-electron chi connectivity index (χ3n) is 7.19. The Morgan fingerprint density at radius 1 is 1.29 bits per heavy atom. The molecule has 0 bridgehead atoms. The van der Waals surface area contributed by atoms with Crippen molar-refractivity contribution in [1.29, 1.82) is 0 Å². The van der Waals surface area contributed by atoms with Crippen LogP contribution in [-0.2, 0) is 11.2 Å². The Kier molecular flexibility index (Phi) is 8.19. The molecular formula is C27H31ClFN3O3. The number of pyridine rings is 2. The van der Waals surface area contributed by atoms with E-state index in [0.29, 0.717) is 48.1 Å². The van der Waals surface area contributed by atoms with Gasteiger partial charge in [-0.1, -0.05) is 17.7 Å². The molecule has 8 heteroatoms. The van der Waals surface area contributed by atoms with Crippen LogP contribution in [0.15, 0.2) is 48.9 Å². The molecule has 1 aliphatic rings. The number of hydrogen-bond acceptors (Lipinski definition) is 5. The van der Waals surface area contributed by atoms with Gasteiger partial charge in [-0.15, -0.1) is 0 Å². The number of aryl methyl sites for hydroxylation is 1. The number of methoxy groups -OCH3 is 1. The van der Waals surface area contributed by atoms with Gasteiger partial charge in [0.15, 0.2) is 0 Å². The fraction of sp³-hybridized carbons (Fsp3) is 0.444. The number of carboxylic acid groups (broad SMARTS) is 1. The van der Waals surface area contributed by atoms with Crippen molar-refractivity contribution in [3.63, 3.8) is 0 Å². The summed E-state index contributed by atoms with van der Waals surface area (Å²) in [6.45, 7) is 2.32. The van der Waals surface area contributed by atoms with Gasteiger partial charge in [0.25, 0.3) is 0 Å². The number of halogens is 2. The highest BCUT2D eigenvalue weighted by molar-refractivity contribution is 6.32. The van der Waals surface area contributed by atoms with E-state index in [2.05, 4.69) is 20.9 Å². The first kappa shape index (κ1) is 25.3. The van der Waals surface area contributed by atoms with Gasteiger partial charge in [-0.05, 0) is 88.0 Å². The summed E-state index contributed by atoms with van der Waals surface area (Å²) < 4.78 is 20.9. The highest BCUT2D eigenvalue weighted by Crippen LogP contribution is 2.42. The highest BCUT2D eigenvalue weighted by Gasteiger charge is 2.41. The lowest BCUT2D eigenvalue weighted by molar-refractivity contribution is -0.153. The number of aromatic nitrogens is 2. The molecule has 35 heavy (non-hydrogen) atoms. The molecule has 0 radical (unpaired) electrons. The first-order chi connectivity index (χ1) is 16.9. The highest BCUT2D eigenvalue weighted by atomic mass is 35.5. The predicted octanol–water partition coefficient (Wildman–Crippen LogP) is 5.88. The second kappa shape index (κ2) is 11.3. The fourth-order valence-corrected chi connectivity index (χ4v) is 5.26. The average Bonchev–Trinajstić information content (AvgIpc) is 2.88. The van der Waals surface area contributed by atoms with Gasteiger partial charge in [-0.3, -0.25) is 14.8 Å². The number of carboxylic acids is 1. The number of likely N-dealkylation sites (tertiary alicyclic amines) is 1. The normalized spacial score (nSPS) is 16.8. The number of hydrogen-bond donors (Lipinski definition) is 1. The molecular weight excluding hydrogens is 469 g/mol. The second-order valence-corrected chi connectivity index (χ2v) is 9.71. The maximum Gasteiger partial charge on any atom is 0.309 e. The Bertz CT molecular complexity index is 1150. The van der Waals surface area contributed by atoms with Gasteiger partial charge in [0.05, 0.1) is 23.1 Å². The van der Waals surface area contributed by atoms with E-state index in [1.807, 2.05) is 12.3 Å². The zero-order chi connectivity index (χ0) is 24.8. The maximum atomic E-state index is 15.6. The number of aliphatic carboxylic acids is 1. The van der Waals surface area contributed by atoms with Gasteiger partial charge in [-0.2, -0.15) is 0 Å². The molecule has 1 N–H and O–H groups in total. The van der Waals surface area contributed by atoms with Gasteiger partial charge in [0.2, 0.25) is 0 Å². The summed E-state index contributed by atoms with van der Waals surface area (Å²) in [5.74, 6) is -0.250. The first-order valence-corrected chi connectivity index (χ1v) is 12.4. The molecule has 0 spiro atoms. The molecule has 3 heterocycles. The molecule has 3 aromatic rings. The number of rotatable bonds is 10. The Labute approximate surface area is 210 Å². The fourth-order valence-electron chi connectivity index (χ4n) is 4.99. The molecule has 0 unspecified atom stereocenters. The molecule has 0 saturated carbocycles. The van der Waals surface area contributed by atoms with Crippen LogP contribution in [0.3, 0.4) is 0 Å². The van der Waals surface area contributed by atoms with Crippen LogP contribution >= 0.6 is 11.6 Å². The second-order valence-electron chi connectivity index (χ2n) is 9.30. The Balaban J connectivity index is 1.38. The van der Waals surface area contributed by atoms with E-state index in [0.717, 1.165) is 19.4 Å². The lowest BCUT2D eigenvalue weighted by Crippen LogP contribution is -2.44. The summed E-state index contributed by atoms with van der Waals surface area (Å²) in [4.78, 5) is 23.0. The van der Waals surface area contributed by atoms with Gasteiger partial charge in [-0.25, -0.2) is 4.39 Å². The Hall–Kier alpha value is -2.77. The van der Waals surface area contributed by atoms with Crippen molar-refractivity contribution < 1.29 is 19.0 Å². The molecule has 2 aromatic heterocycles. The molecule has 0 aliphatic carbocycles. The minimum atomic E-state index is -1.39. The van der Waals surface area contributed by atoms with Crippen molar-refractivity contribution in [2.75, 3.05) is 26.7 Å². The van der Waals surface area contributed by atoms with Crippen molar-refractivity contribution >= 4 is 28.5 Å². The molecule has 6 nitrogen and oxygen atoms in total. The first-order valence-electron chi connectivity index (χ1n) is 12.0. The largest absolute Gasteiger partial charge is 0.497 e. The smallest absolute Gasteiger partial charge is 0.309 e. The van der Waals surface area contributed by atoms with Crippen LogP contribution in [0.2, 0.25) is 5.02 Å². The predicted molar refractivity (Wildman–Crippen MR) is 135 cm³/mol. The van der Waals surface area contributed by atoms with E-state index < -0.39 is 17.6 Å². The number of ether oxygens (including phenoxy) is 1. The Morgan fingerprint density at radius 3 is 2.77 bits per heavy atom. The van der Waals surface area contributed by atoms with Crippen molar-refractivity contribution in [2.45, 2.75) is 44.7 Å².